The summed E-state index contributed by atoms with van der Waals surface area (Å²) in [6, 6.07) is 8.95. The van der Waals surface area contributed by atoms with Crippen molar-refractivity contribution in [2.24, 2.45) is 0 Å². The third-order valence-corrected chi connectivity index (χ3v) is 5.28. The monoisotopic (exact) mass is 340 g/mol. The van der Waals surface area contributed by atoms with Crippen LogP contribution >= 0.6 is 0 Å². The van der Waals surface area contributed by atoms with Crippen molar-refractivity contribution in [1.29, 1.82) is 0 Å². The van der Waals surface area contributed by atoms with Gasteiger partial charge in [-0.1, -0.05) is 12.1 Å². The lowest BCUT2D eigenvalue weighted by molar-refractivity contribution is 0.122. The number of hydrogen-bond donors (Lipinski definition) is 1. The van der Waals surface area contributed by atoms with Crippen LogP contribution in [-0.4, -0.2) is 42.4 Å². The van der Waals surface area contributed by atoms with Crippen LogP contribution < -0.4 is 10.2 Å². The Hall–Kier alpha value is -1.85. The average Bonchev–Trinajstić information content (AvgIpc) is 3.04. The Kier molecular flexibility index (Phi) is 5.04. The van der Waals surface area contributed by atoms with Crippen LogP contribution in [0.3, 0.4) is 0 Å². The normalized spacial score (nSPS) is 20.5. The highest BCUT2D eigenvalue weighted by atomic mass is 16.5. The van der Waals surface area contributed by atoms with Gasteiger partial charge in [0.1, 0.15) is 5.82 Å². The van der Waals surface area contributed by atoms with E-state index in [2.05, 4.69) is 52.2 Å². The van der Waals surface area contributed by atoms with E-state index in [1.54, 1.807) is 0 Å². The number of aryl methyl sites for hydroxylation is 2. The summed E-state index contributed by atoms with van der Waals surface area (Å²) in [5.41, 5.74) is 3.78. The van der Waals surface area contributed by atoms with E-state index in [0.717, 1.165) is 51.6 Å². The number of benzene rings is 1. The predicted molar refractivity (Wildman–Crippen MR) is 100 cm³/mol. The van der Waals surface area contributed by atoms with Gasteiger partial charge in [0, 0.05) is 50.5 Å². The molecule has 5 heteroatoms. The molecule has 1 fully saturated rings. The van der Waals surface area contributed by atoms with E-state index >= 15 is 0 Å². The summed E-state index contributed by atoms with van der Waals surface area (Å²) in [5, 5.41) is 3.63. The van der Waals surface area contributed by atoms with Crippen LogP contribution in [0.15, 0.2) is 30.5 Å². The van der Waals surface area contributed by atoms with E-state index < -0.39 is 0 Å². The van der Waals surface area contributed by atoms with Crippen LogP contribution in [0.25, 0.3) is 0 Å². The third-order valence-electron chi connectivity index (χ3n) is 5.28. The van der Waals surface area contributed by atoms with E-state index in [9.17, 15) is 0 Å². The van der Waals surface area contributed by atoms with Crippen molar-refractivity contribution in [1.82, 2.24) is 14.9 Å². The number of imidazole rings is 1. The minimum Gasteiger partial charge on any atom is -0.378 e. The van der Waals surface area contributed by atoms with Crippen molar-refractivity contribution in [3.05, 3.63) is 47.5 Å². The highest BCUT2D eigenvalue weighted by Gasteiger charge is 2.21. The van der Waals surface area contributed by atoms with Gasteiger partial charge in [0.25, 0.3) is 0 Å². The molecule has 25 heavy (non-hydrogen) atoms. The van der Waals surface area contributed by atoms with Crippen LogP contribution in [0.5, 0.6) is 0 Å². The maximum absolute atomic E-state index is 5.42. The molecule has 0 saturated carbocycles. The number of rotatable bonds is 5. The van der Waals surface area contributed by atoms with Gasteiger partial charge in [0.2, 0.25) is 0 Å². The van der Waals surface area contributed by atoms with Gasteiger partial charge in [-0.2, -0.15) is 0 Å². The molecule has 5 nitrogen and oxygen atoms in total. The van der Waals surface area contributed by atoms with Crippen molar-refractivity contribution in [3.8, 4) is 0 Å². The maximum atomic E-state index is 5.42. The molecule has 1 saturated heterocycles. The second-order valence-corrected chi connectivity index (χ2v) is 7.17. The number of aromatic nitrogens is 2. The van der Waals surface area contributed by atoms with E-state index in [4.69, 9.17) is 9.72 Å². The van der Waals surface area contributed by atoms with Crippen LogP contribution in [0.4, 0.5) is 5.69 Å². The number of anilines is 1. The Bertz CT molecular complexity index is 688. The molecule has 2 aliphatic heterocycles. The Morgan fingerprint density at radius 2 is 1.96 bits per heavy atom. The minimum absolute atomic E-state index is 0.537. The summed E-state index contributed by atoms with van der Waals surface area (Å²) in [6.07, 6.45) is 4.68. The molecule has 0 aliphatic carbocycles. The predicted octanol–water partition coefficient (Wildman–Crippen LogP) is 2.70. The molecule has 3 heterocycles. The Morgan fingerprint density at radius 1 is 1.16 bits per heavy atom. The summed E-state index contributed by atoms with van der Waals surface area (Å²) >= 11 is 0. The second kappa shape index (κ2) is 7.58. The van der Waals surface area contributed by atoms with Crippen molar-refractivity contribution in [2.45, 2.75) is 38.8 Å². The summed E-state index contributed by atoms with van der Waals surface area (Å²) in [5.74, 6) is 1.80. The fourth-order valence-electron chi connectivity index (χ4n) is 3.94. The lowest BCUT2D eigenvalue weighted by Gasteiger charge is -2.29. The number of ether oxygens (including phenoxy) is 1. The first-order chi connectivity index (χ1) is 12.3. The zero-order valence-electron chi connectivity index (χ0n) is 15.1. The molecule has 134 valence electrons. The fraction of sp³-hybridized carbons (Fsp3) is 0.550. The lowest BCUT2D eigenvalue weighted by atomic mass is 9.99. The number of fused-ring (bicyclic) bond motifs is 1. The zero-order chi connectivity index (χ0) is 17.1. The number of nitrogens with one attached hydrogen (secondary N) is 1. The Balaban J connectivity index is 1.30. The average molecular weight is 340 g/mol. The molecule has 0 bridgehead atoms. The molecule has 1 aromatic carbocycles. The molecule has 4 rings (SSSR count). The first kappa shape index (κ1) is 16.6. The van der Waals surface area contributed by atoms with Crippen LogP contribution in [0.1, 0.15) is 35.8 Å². The zero-order valence-corrected chi connectivity index (χ0v) is 15.1. The molecular formula is C20H28N4O. The van der Waals surface area contributed by atoms with Gasteiger partial charge < -0.3 is 19.5 Å². The maximum Gasteiger partial charge on any atom is 0.113 e. The van der Waals surface area contributed by atoms with E-state index in [0.29, 0.717) is 5.92 Å². The standard InChI is InChI=1S/C20H28N4O/c1-16-15-24-8-2-3-18(20(24)22-16)14-21-13-17-4-6-19(7-5-17)23-9-11-25-12-10-23/h4-7,15,18,21H,2-3,8-14H2,1H3. The highest BCUT2D eigenvalue weighted by Crippen LogP contribution is 2.26. The number of nitrogens with zero attached hydrogens (tertiary/aromatic N) is 3. The van der Waals surface area contributed by atoms with Crippen LogP contribution in [0.2, 0.25) is 0 Å². The van der Waals surface area contributed by atoms with Gasteiger partial charge in [0.05, 0.1) is 18.9 Å². The third kappa shape index (κ3) is 3.88. The van der Waals surface area contributed by atoms with Crippen molar-refractivity contribution >= 4 is 5.69 Å². The van der Waals surface area contributed by atoms with E-state index in [1.165, 1.54) is 29.9 Å². The first-order valence-corrected chi connectivity index (χ1v) is 9.45. The molecule has 1 aromatic heterocycles. The second-order valence-electron chi connectivity index (χ2n) is 7.17. The van der Waals surface area contributed by atoms with Gasteiger partial charge in [0.15, 0.2) is 0 Å². The van der Waals surface area contributed by atoms with Gasteiger partial charge in [-0.3, -0.25) is 0 Å². The smallest absolute Gasteiger partial charge is 0.113 e. The van der Waals surface area contributed by atoms with Gasteiger partial charge in [-0.15, -0.1) is 0 Å². The molecule has 0 radical (unpaired) electrons. The highest BCUT2D eigenvalue weighted by molar-refractivity contribution is 5.47. The van der Waals surface area contributed by atoms with E-state index in [-0.39, 0.29) is 0 Å². The molecule has 2 aromatic rings. The number of morpholine rings is 1. The quantitative estimate of drug-likeness (QED) is 0.909. The SMILES string of the molecule is Cc1cn2c(n1)C(CNCc1ccc(N3CCOCC3)cc1)CCC2. The molecule has 1 N–H and O–H groups in total. The molecule has 1 unspecified atom stereocenters. The molecular weight excluding hydrogens is 312 g/mol. The molecule has 0 amide bonds. The van der Waals surface area contributed by atoms with Crippen LogP contribution in [-0.2, 0) is 17.8 Å². The summed E-state index contributed by atoms with van der Waals surface area (Å²) in [7, 11) is 0. The molecule has 1 atom stereocenters. The lowest BCUT2D eigenvalue weighted by Crippen LogP contribution is -2.36. The van der Waals surface area contributed by atoms with E-state index in [1.807, 2.05) is 0 Å². The van der Waals surface area contributed by atoms with Gasteiger partial charge in [-0.05, 0) is 37.5 Å². The van der Waals surface area contributed by atoms with Crippen molar-refractivity contribution in [3.63, 3.8) is 0 Å². The fourth-order valence-corrected chi connectivity index (χ4v) is 3.94. The summed E-state index contributed by atoms with van der Waals surface area (Å²) in [6.45, 7) is 8.78. The van der Waals surface area contributed by atoms with Crippen LogP contribution in [0, 0.1) is 6.92 Å². The molecule has 2 aliphatic rings. The van der Waals surface area contributed by atoms with Crippen molar-refractivity contribution < 1.29 is 4.74 Å². The molecule has 0 spiro atoms. The number of hydrogen-bond acceptors (Lipinski definition) is 4. The Labute approximate surface area is 150 Å². The summed E-state index contributed by atoms with van der Waals surface area (Å²) < 4.78 is 7.76. The largest absolute Gasteiger partial charge is 0.378 e. The Morgan fingerprint density at radius 3 is 2.76 bits per heavy atom. The van der Waals surface area contributed by atoms with Gasteiger partial charge >= 0.3 is 0 Å². The topological polar surface area (TPSA) is 42.3 Å². The van der Waals surface area contributed by atoms with Crippen molar-refractivity contribution in [2.75, 3.05) is 37.7 Å². The summed E-state index contributed by atoms with van der Waals surface area (Å²) in [4.78, 5) is 7.12. The van der Waals surface area contributed by atoms with Gasteiger partial charge in [-0.25, -0.2) is 4.98 Å². The minimum atomic E-state index is 0.537. The first-order valence-electron chi connectivity index (χ1n) is 9.45.